The topological polar surface area (TPSA) is 145 Å². The summed E-state index contributed by atoms with van der Waals surface area (Å²) in [6.45, 7) is 2.57. The molecule has 11 heteroatoms. The van der Waals surface area contributed by atoms with Crippen molar-refractivity contribution in [1.82, 2.24) is 34.7 Å². The number of hydrogen-bond donors (Lipinski definition) is 1. The number of rotatable bonds is 5. The van der Waals surface area contributed by atoms with Gasteiger partial charge in [0.15, 0.2) is 11.9 Å². The zero-order chi connectivity index (χ0) is 26.2. The average Bonchev–Trinajstić information content (AvgIpc) is 3.60. The van der Waals surface area contributed by atoms with E-state index in [9.17, 15) is 9.59 Å². The van der Waals surface area contributed by atoms with Crippen LogP contribution in [0.2, 0.25) is 0 Å². The van der Waals surface area contributed by atoms with Gasteiger partial charge in [-0.3, -0.25) is 14.6 Å². The van der Waals surface area contributed by atoms with Crippen LogP contribution in [0.5, 0.6) is 0 Å². The number of hydrogen-bond acceptors (Lipinski definition) is 9. The minimum atomic E-state index is -0.299. The van der Waals surface area contributed by atoms with E-state index < -0.39 is 0 Å². The van der Waals surface area contributed by atoms with Gasteiger partial charge >= 0.3 is 11.8 Å². The fourth-order valence-corrected chi connectivity index (χ4v) is 4.89. The first-order chi connectivity index (χ1) is 18.5. The lowest BCUT2D eigenvalue weighted by atomic mass is 9.90. The molecule has 0 spiro atoms. The molecule has 0 atom stereocenters. The van der Waals surface area contributed by atoms with Gasteiger partial charge in [0.25, 0.3) is 0 Å². The van der Waals surface area contributed by atoms with Crippen LogP contribution in [0.1, 0.15) is 51.4 Å². The van der Waals surface area contributed by atoms with Crippen molar-refractivity contribution in [1.29, 1.82) is 0 Å². The first-order valence-corrected chi connectivity index (χ1v) is 12.3. The Bertz CT molecular complexity index is 1630. The second kappa shape index (κ2) is 9.51. The monoisotopic (exact) mass is 508 g/mol. The minimum absolute atomic E-state index is 0.0193. The summed E-state index contributed by atoms with van der Waals surface area (Å²) in [5.74, 6) is 0.201. The standard InChI is InChI=1S/C27H24N8O3/c1-16-32-33-26(38-16)27(37)34-11-9-18(10-12-34)23-21(15-36)24(28)35-25(31-23)20(14-30-35)19-7-8-22(29-13-19)17-5-3-2-4-6-17/h2-8,13-15,18H,9-12,28H2,1H3. The molecular formula is C27H24N8O3. The number of carbonyl (C=O) groups excluding carboxylic acids is 2. The Kier molecular flexibility index (Phi) is 5.87. The number of likely N-dealkylation sites (tertiary alicyclic amines) is 1. The van der Waals surface area contributed by atoms with Crippen molar-refractivity contribution in [3.8, 4) is 22.4 Å². The van der Waals surface area contributed by atoms with E-state index in [2.05, 4.69) is 20.3 Å². The highest BCUT2D eigenvalue weighted by Crippen LogP contribution is 2.34. The number of pyridine rings is 1. The van der Waals surface area contributed by atoms with Gasteiger partial charge in [-0.15, -0.1) is 10.2 Å². The van der Waals surface area contributed by atoms with E-state index in [1.54, 1.807) is 24.2 Å². The maximum atomic E-state index is 12.7. The van der Waals surface area contributed by atoms with Crippen molar-refractivity contribution in [3.05, 3.63) is 77.9 Å². The highest BCUT2D eigenvalue weighted by molar-refractivity contribution is 5.90. The van der Waals surface area contributed by atoms with Gasteiger partial charge < -0.3 is 15.1 Å². The van der Waals surface area contributed by atoms with E-state index in [0.29, 0.717) is 48.7 Å². The van der Waals surface area contributed by atoms with E-state index in [1.165, 1.54) is 4.52 Å². The number of aromatic nitrogens is 6. The molecule has 0 radical (unpaired) electrons. The molecule has 1 aliphatic rings. The van der Waals surface area contributed by atoms with Crippen molar-refractivity contribution in [2.45, 2.75) is 25.7 Å². The third-order valence-electron chi connectivity index (χ3n) is 6.89. The lowest BCUT2D eigenvalue weighted by molar-refractivity contribution is 0.0669. The van der Waals surface area contributed by atoms with Crippen LogP contribution in [0.15, 0.2) is 59.3 Å². The molecule has 1 saturated heterocycles. The molecule has 0 bridgehead atoms. The van der Waals surface area contributed by atoms with Crippen LogP contribution in [0, 0.1) is 6.92 Å². The summed E-state index contributed by atoms with van der Waals surface area (Å²) < 4.78 is 6.78. The molecule has 2 N–H and O–H groups in total. The predicted molar refractivity (Wildman–Crippen MR) is 138 cm³/mol. The number of amides is 1. The number of nitrogen functional groups attached to an aromatic ring is 1. The molecule has 1 aliphatic heterocycles. The van der Waals surface area contributed by atoms with Gasteiger partial charge in [-0.05, 0) is 18.9 Å². The Labute approximate surface area is 217 Å². The average molecular weight is 509 g/mol. The molecule has 0 saturated carbocycles. The number of aldehydes is 1. The summed E-state index contributed by atoms with van der Waals surface area (Å²) in [7, 11) is 0. The van der Waals surface area contributed by atoms with Gasteiger partial charge in [0.1, 0.15) is 5.82 Å². The van der Waals surface area contributed by atoms with Crippen LogP contribution < -0.4 is 5.73 Å². The lowest BCUT2D eigenvalue weighted by Gasteiger charge is -2.31. The summed E-state index contributed by atoms with van der Waals surface area (Å²) >= 11 is 0. The smallest absolute Gasteiger partial charge is 0.311 e. The van der Waals surface area contributed by atoms with E-state index in [1.807, 2.05) is 42.5 Å². The summed E-state index contributed by atoms with van der Waals surface area (Å²) in [5.41, 5.74) is 11.4. The summed E-state index contributed by atoms with van der Waals surface area (Å²) in [6.07, 6.45) is 5.42. The molecule has 1 amide bonds. The Morgan fingerprint density at radius 1 is 1.05 bits per heavy atom. The minimum Gasteiger partial charge on any atom is -0.417 e. The molecule has 6 rings (SSSR count). The highest BCUT2D eigenvalue weighted by Gasteiger charge is 2.30. The Morgan fingerprint density at radius 2 is 1.84 bits per heavy atom. The first-order valence-electron chi connectivity index (χ1n) is 12.3. The van der Waals surface area contributed by atoms with E-state index in [4.69, 9.17) is 15.1 Å². The summed E-state index contributed by atoms with van der Waals surface area (Å²) in [4.78, 5) is 36.0. The number of fused-ring (bicyclic) bond motifs is 1. The normalized spacial score (nSPS) is 14.2. The van der Waals surface area contributed by atoms with Crippen LogP contribution >= 0.6 is 0 Å². The van der Waals surface area contributed by atoms with Crippen LogP contribution in [-0.4, -0.2) is 60.0 Å². The fourth-order valence-electron chi connectivity index (χ4n) is 4.89. The second-order valence-corrected chi connectivity index (χ2v) is 9.20. The molecular weight excluding hydrogens is 484 g/mol. The van der Waals surface area contributed by atoms with Crippen LogP contribution in [0.25, 0.3) is 28.0 Å². The molecule has 4 aromatic heterocycles. The number of carbonyl (C=O) groups is 2. The zero-order valence-electron chi connectivity index (χ0n) is 20.6. The molecule has 1 fully saturated rings. The summed E-state index contributed by atoms with van der Waals surface area (Å²) in [5, 5.41) is 12.0. The molecule has 5 heterocycles. The van der Waals surface area contributed by atoms with Gasteiger partial charge in [-0.1, -0.05) is 36.4 Å². The molecule has 0 unspecified atom stereocenters. The van der Waals surface area contributed by atoms with Gasteiger partial charge in [-0.25, -0.2) is 4.98 Å². The van der Waals surface area contributed by atoms with Crippen LogP contribution in [-0.2, 0) is 0 Å². The zero-order valence-corrected chi connectivity index (χ0v) is 20.6. The SMILES string of the molecule is Cc1nnc(C(=O)N2CCC(c3nc4c(-c5ccc(-c6ccccc6)nc5)cnn4c(N)c3C=O)CC2)o1. The first kappa shape index (κ1) is 23.5. The Morgan fingerprint density at radius 3 is 2.50 bits per heavy atom. The van der Waals surface area contributed by atoms with E-state index >= 15 is 0 Å². The number of anilines is 1. The van der Waals surface area contributed by atoms with Crippen molar-refractivity contribution in [3.63, 3.8) is 0 Å². The predicted octanol–water partition coefficient (Wildman–Crippen LogP) is 3.56. The molecule has 5 aromatic rings. The van der Waals surface area contributed by atoms with E-state index in [0.717, 1.165) is 28.7 Å². The van der Waals surface area contributed by atoms with E-state index in [-0.39, 0.29) is 23.5 Å². The lowest BCUT2D eigenvalue weighted by Crippen LogP contribution is -2.38. The third kappa shape index (κ3) is 4.07. The number of aryl methyl sites for hydroxylation is 1. The fraction of sp³-hybridized carbons (Fsp3) is 0.222. The largest absolute Gasteiger partial charge is 0.417 e. The third-order valence-corrected chi connectivity index (χ3v) is 6.89. The highest BCUT2D eigenvalue weighted by atomic mass is 16.4. The molecule has 11 nitrogen and oxygen atoms in total. The molecule has 0 aliphatic carbocycles. The van der Waals surface area contributed by atoms with Crippen molar-refractivity contribution in [2.24, 2.45) is 0 Å². The van der Waals surface area contributed by atoms with Gasteiger partial charge in [-0.2, -0.15) is 9.61 Å². The van der Waals surface area contributed by atoms with Crippen molar-refractivity contribution < 1.29 is 14.0 Å². The molecule has 1 aromatic carbocycles. The Hall–Kier alpha value is -4.93. The maximum absolute atomic E-state index is 12.7. The number of nitrogens with zero attached hydrogens (tertiary/aromatic N) is 7. The Balaban J connectivity index is 1.30. The summed E-state index contributed by atoms with van der Waals surface area (Å²) in [6, 6.07) is 13.9. The number of benzene rings is 1. The molecule has 190 valence electrons. The molecule has 38 heavy (non-hydrogen) atoms. The van der Waals surface area contributed by atoms with Crippen LogP contribution in [0.3, 0.4) is 0 Å². The van der Waals surface area contributed by atoms with Gasteiger partial charge in [0.05, 0.1) is 23.1 Å². The second-order valence-electron chi connectivity index (χ2n) is 9.20. The quantitative estimate of drug-likeness (QED) is 0.352. The van der Waals surface area contributed by atoms with Crippen molar-refractivity contribution in [2.75, 3.05) is 18.8 Å². The van der Waals surface area contributed by atoms with Gasteiger partial charge in [0, 0.05) is 48.8 Å². The number of nitrogens with two attached hydrogens (primary N) is 1. The van der Waals surface area contributed by atoms with Crippen LogP contribution in [0.4, 0.5) is 5.82 Å². The van der Waals surface area contributed by atoms with Crippen molar-refractivity contribution >= 4 is 23.7 Å². The maximum Gasteiger partial charge on any atom is 0.311 e. The van der Waals surface area contributed by atoms with Gasteiger partial charge in [0.2, 0.25) is 5.89 Å². The number of piperidine rings is 1.